The smallest absolute Gasteiger partial charge is 0.344 e. The Morgan fingerprint density at radius 2 is 1.69 bits per heavy atom. The molecule has 0 radical (unpaired) electrons. The van der Waals surface area contributed by atoms with Gasteiger partial charge in [-0.3, -0.25) is 14.9 Å². The molecule has 2 amide bonds. The lowest BCUT2D eigenvalue weighted by Gasteiger charge is -2.09. The van der Waals surface area contributed by atoms with E-state index < -0.39 is 36.8 Å². The summed E-state index contributed by atoms with van der Waals surface area (Å²) in [6.45, 7) is -1.11. The second-order valence-corrected chi connectivity index (χ2v) is 4.98. The lowest BCUT2D eigenvalue weighted by atomic mass is 10.2. The third kappa shape index (κ3) is 5.59. The molecule has 0 aromatic heterocycles. The minimum absolute atomic E-state index is 0.175. The van der Waals surface area contributed by atoms with Gasteiger partial charge < -0.3 is 14.2 Å². The zero-order chi connectivity index (χ0) is 18.9. The summed E-state index contributed by atoms with van der Waals surface area (Å²) in [7, 11) is 1.40. The van der Waals surface area contributed by atoms with E-state index in [1.54, 1.807) is 18.2 Å². The number of hydrogen-bond donors (Lipinski definition) is 1. The number of esters is 1. The predicted octanol–water partition coefficient (Wildman–Crippen LogP) is 1.71. The Hall–Kier alpha value is -3.42. The summed E-state index contributed by atoms with van der Waals surface area (Å²) in [4.78, 5) is 35.3. The number of amides is 2. The number of carbonyl (C=O) groups is 3. The van der Waals surface area contributed by atoms with Gasteiger partial charge in [-0.25, -0.2) is 9.18 Å². The molecule has 26 heavy (non-hydrogen) atoms. The highest BCUT2D eigenvalue weighted by Crippen LogP contribution is 2.16. The van der Waals surface area contributed by atoms with Gasteiger partial charge >= 0.3 is 5.97 Å². The number of halogens is 1. The zero-order valence-electron chi connectivity index (χ0n) is 13.9. The Balaban J connectivity index is 1.76. The van der Waals surface area contributed by atoms with Crippen molar-refractivity contribution >= 4 is 17.8 Å². The average molecular weight is 361 g/mol. The maximum atomic E-state index is 12.7. The standard InChI is InChI=1S/C18H16FNO6/c1-24-15-5-3-2-4-14(15)18(23)20-16(21)10-26-17(22)11-25-13-8-6-12(19)7-9-13/h2-9H,10-11H2,1H3,(H,20,21,23). The summed E-state index contributed by atoms with van der Waals surface area (Å²) in [5.41, 5.74) is 0.175. The van der Waals surface area contributed by atoms with E-state index in [9.17, 15) is 18.8 Å². The molecule has 7 nitrogen and oxygen atoms in total. The Labute approximate surface area is 148 Å². The van der Waals surface area contributed by atoms with Crippen molar-refractivity contribution in [3.8, 4) is 11.5 Å². The van der Waals surface area contributed by atoms with Crippen molar-refractivity contribution in [1.29, 1.82) is 0 Å². The molecule has 0 unspecified atom stereocenters. The lowest BCUT2D eigenvalue weighted by molar-refractivity contribution is -0.150. The van der Waals surface area contributed by atoms with Crippen molar-refractivity contribution in [2.75, 3.05) is 20.3 Å². The van der Waals surface area contributed by atoms with E-state index in [2.05, 4.69) is 5.32 Å². The van der Waals surface area contributed by atoms with Crippen molar-refractivity contribution < 1.29 is 33.0 Å². The summed E-state index contributed by atoms with van der Waals surface area (Å²) in [5, 5.41) is 2.09. The van der Waals surface area contributed by atoms with E-state index in [0.717, 1.165) is 0 Å². The summed E-state index contributed by atoms with van der Waals surface area (Å²) < 4.78 is 27.6. The van der Waals surface area contributed by atoms with Gasteiger partial charge in [0.25, 0.3) is 11.8 Å². The number of nitrogens with one attached hydrogen (secondary N) is 1. The quantitative estimate of drug-likeness (QED) is 0.755. The van der Waals surface area contributed by atoms with Gasteiger partial charge in [0.15, 0.2) is 13.2 Å². The zero-order valence-corrected chi connectivity index (χ0v) is 13.9. The molecule has 1 N–H and O–H groups in total. The van der Waals surface area contributed by atoms with Gasteiger partial charge in [0.2, 0.25) is 0 Å². The maximum Gasteiger partial charge on any atom is 0.344 e. The number of benzene rings is 2. The first kappa shape index (κ1) is 18.9. The molecular weight excluding hydrogens is 345 g/mol. The second kappa shape index (κ2) is 9.16. The van der Waals surface area contributed by atoms with Crippen LogP contribution in [0.5, 0.6) is 11.5 Å². The molecular formula is C18H16FNO6. The summed E-state index contributed by atoms with van der Waals surface area (Å²) in [5.74, 6) is -2.13. The molecule has 0 atom stereocenters. The molecule has 0 saturated heterocycles. The SMILES string of the molecule is COc1ccccc1C(=O)NC(=O)COC(=O)COc1ccc(F)cc1. The van der Waals surface area contributed by atoms with Crippen LogP contribution >= 0.6 is 0 Å². The summed E-state index contributed by atoms with van der Waals surface area (Å²) in [6.07, 6.45) is 0. The third-order valence-electron chi connectivity index (χ3n) is 3.14. The predicted molar refractivity (Wildman–Crippen MR) is 88.3 cm³/mol. The molecule has 8 heteroatoms. The van der Waals surface area contributed by atoms with E-state index in [0.29, 0.717) is 5.75 Å². The van der Waals surface area contributed by atoms with Crippen molar-refractivity contribution in [2.45, 2.75) is 0 Å². The number of imide groups is 1. The minimum atomic E-state index is -0.811. The normalized spacial score (nSPS) is 9.92. The number of hydrogen-bond acceptors (Lipinski definition) is 6. The Morgan fingerprint density at radius 3 is 2.38 bits per heavy atom. The fourth-order valence-corrected chi connectivity index (χ4v) is 1.92. The molecule has 136 valence electrons. The molecule has 0 bridgehead atoms. The van der Waals surface area contributed by atoms with E-state index in [4.69, 9.17) is 14.2 Å². The fraction of sp³-hybridized carbons (Fsp3) is 0.167. The maximum absolute atomic E-state index is 12.7. The van der Waals surface area contributed by atoms with Crippen LogP contribution < -0.4 is 14.8 Å². The van der Waals surface area contributed by atoms with Gasteiger partial charge in [0.1, 0.15) is 17.3 Å². The van der Waals surface area contributed by atoms with Crippen LogP contribution in [-0.4, -0.2) is 38.1 Å². The monoisotopic (exact) mass is 361 g/mol. The molecule has 0 fully saturated rings. The van der Waals surface area contributed by atoms with Gasteiger partial charge in [-0.15, -0.1) is 0 Å². The first-order chi connectivity index (χ1) is 12.5. The topological polar surface area (TPSA) is 90.9 Å². The lowest BCUT2D eigenvalue weighted by Crippen LogP contribution is -2.34. The highest BCUT2D eigenvalue weighted by Gasteiger charge is 2.16. The van der Waals surface area contributed by atoms with Crippen LogP contribution in [0.4, 0.5) is 4.39 Å². The van der Waals surface area contributed by atoms with Gasteiger partial charge in [0, 0.05) is 0 Å². The van der Waals surface area contributed by atoms with Crippen LogP contribution in [-0.2, 0) is 14.3 Å². The first-order valence-electron chi connectivity index (χ1n) is 7.51. The highest BCUT2D eigenvalue weighted by atomic mass is 19.1. The summed E-state index contributed by atoms with van der Waals surface area (Å²) >= 11 is 0. The number of rotatable bonds is 7. The van der Waals surface area contributed by atoms with Gasteiger partial charge in [-0.1, -0.05) is 12.1 Å². The molecule has 2 rings (SSSR count). The van der Waals surface area contributed by atoms with Crippen LogP contribution in [0.3, 0.4) is 0 Å². The number of methoxy groups -OCH3 is 1. The van der Waals surface area contributed by atoms with Gasteiger partial charge in [0.05, 0.1) is 12.7 Å². The average Bonchev–Trinajstić information content (AvgIpc) is 2.65. The van der Waals surface area contributed by atoms with Crippen molar-refractivity contribution in [3.05, 3.63) is 59.9 Å². The largest absolute Gasteiger partial charge is 0.496 e. The summed E-state index contributed by atoms with van der Waals surface area (Å²) in [6, 6.07) is 11.4. The van der Waals surface area contributed by atoms with Crippen LogP contribution in [0, 0.1) is 5.82 Å². The van der Waals surface area contributed by atoms with E-state index in [1.807, 2.05) is 0 Å². The second-order valence-electron chi connectivity index (χ2n) is 4.98. The Kier molecular flexibility index (Phi) is 6.67. The molecule has 0 aliphatic rings. The van der Waals surface area contributed by atoms with Gasteiger partial charge in [-0.2, -0.15) is 0 Å². The van der Waals surface area contributed by atoms with E-state index in [1.165, 1.54) is 37.4 Å². The third-order valence-corrected chi connectivity index (χ3v) is 3.14. The van der Waals surface area contributed by atoms with Crippen molar-refractivity contribution in [1.82, 2.24) is 5.32 Å². The molecule has 2 aromatic carbocycles. The van der Waals surface area contributed by atoms with Crippen molar-refractivity contribution in [2.24, 2.45) is 0 Å². The fourth-order valence-electron chi connectivity index (χ4n) is 1.92. The highest BCUT2D eigenvalue weighted by molar-refractivity contribution is 6.06. The molecule has 0 heterocycles. The first-order valence-corrected chi connectivity index (χ1v) is 7.51. The molecule has 2 aromatic rings. The number of ether oxygens (including phenoxy) is 3. The van der Waals surface area contributed by atoms with E-state index >= 15 is 0 Å². The Bertz CT molecular complexity index is 791. The molecule has 0 spiro atoms. The number of para-hydroxylation sites is 1. The molecule has 0 saturated carbocycles. The molecule has 0 aliphatic heterocycles. The van der Waals surface area contributed by atoms with E-state index in [-0.39, 0.29) is 11.3 Å². The minimum Gasteiger partial charge on any atom is -0.496 e. The van der Waals surface area contributed by atoms with Crippen LogP contribution in [0.25, 0.3) is 0 Å². The van der Waals surface area contributed by atoms with Crippen LogP contribution in [0.15, 0.2) is 48.5 Å². The number of carbonyl (C=O) groups excluding carboxylic acids is 3. The van der Waals surface area contributed by atoms with Gasteiger partial charge in [-0.05, 0) is 36.4 Å². The Morgan fingerprint density at radius 1 is 1.00 bits per heavy atom. The van der Waals surface area contributed by atoms with Crippen molar-refractivity contribution in [3.63, 3.8) is 0 Å². The van der Waals surface area contributed by atoms with Crippen LogP contribution in [0.1, 0.15) is 10.4 Å². The molecule has 0 aliphatic carbocycles. The van der Waals surface area contributed by atoms with Crippen LogP contribution in [0.2, 0.25) is 0 Å².